The van der Waals surface area contributed by atoms with Crippen molar-refractivity contribution in [2.24, 2.45) is 0 Å². The highest BCUT2D eigenvalue weighted by molar-refractivity contribution is 9.39. The molecule has 0 atom stereocenters. The Balaban J connectivity index is 3.72. The van der Waals surface area contributed by atoms with Crippen molar-refractivity contribution in [1.29, 1.82) is 0 Å². The summed E-state index contributed by atoms with van der Waals surface area (Å²) in [6.07, 6.45) is 0. The third kappa shape index (κ3) is 6.80. The van der Waals surface area contributed by atoms with Gasteiger partial charge >= 0.3 is 0 Å². The highest BCUT2D eigenvalue weighted by atomic mass is 80.0. The van der Waals surface area contributed by atoms with Crippen LogP contribution in [0.3, 0.4) is 0 Å². The van der Waals surface area contributed by atoms with Gasteiger partial charge in [0.2, 0.25) is 0 Å². The number of alkyl halides is 3. The van der Waals surface area contributed by atoms with Gasteiger partial charge in [0.25, 0.3) is 0 Å². The molecule has 0 rings (SSSR count). The minimum absolute atomic E-state index is 0.561. The van der Waals surface area contributed by atoms with Crippen LogP contribution in [-0.2, 0) is 0 Å². The highest BCUT2D eigenvalue weighted by Gasteiger charge is 2.11. The van der Waals surface area contributed by atoms with E-state index in [2.05, 4.69) is 53.7 Å². The zero-order valence-corrected chi connectivity index (χ0v) is 7.89. The molecule has 0 saturated carbocycles. The highest BCUT2D eigenvalue weighted by Crippen LogP contribution is 2.31. The lowest BCUT2D eigenvalue weighted by atomic mass is 10.8. The Bertz CT molecular complexity index is 104. The normalized spacial score (nSPS) is 9.57. The SMILES string of the molecule is [NH]C#CC(Br)(Br)Br. The third-order valence-electron chi connectivity index (χ3n) is 0.204. The Labute approximate surface area is 67.4 Å². The van der Waals surface area contributed by atoms with Gasteiger partial charge in [-0.1, -0.05) is 0 Å². The Hall–Kier alpha value is 0.800. The molecule has 0 spiro atoms. The van der Waals surface area contributed by atoms with Crippen molar-refractivity contribution in [1.82, 2.24) is 5.73 Å². The molecule has 1 N–H and O–H groups in total. The van der Waals surface area contributed by atoms with Gasteiger partial charge in [0.15, 0.2) is 2.14 Å². The van der Waals surface area contributed by atoms with Crippen molar-refractivity contribution >= 4 is 47.8 Å². The first-order chi connectivity index (χ1) is 3.06. The quantitative estimate of drug-likeness (QED) is 0.482. The van der Waals surface area contributed by atoms with Crippen LogP contribution in [0.25, 0.3) is 0 Å². The van der Waals surface area contributed by atoms with Crippen LogP contribution in [0.15, 0.2) is 0 Å². The van der Waals surface area contributed by atoms with Crippen LogP contribution in [0.1, 0.15) is 0 Å². The number of hydrogen-bond acceptors (Lipinski definition) is 0. The molecule has 0 aromatic rings. The maximum Gasteiger partial charge on any atom is 0.196 e. The van der Waals surface area contributed by atoms with Gasteiger partial charge in [0.1, 0.15) is 0 Å². The fourth-order valence-electron chi connectivity index (χ4n) is 0.0709. The summed E-state index contributed by atoms with van der Waals surface area (Å²) < 4.78 is -0.561. The Morgan fingerprint density at radius 3 is 1.71 bits per heavy atom. The van der Waals surface area contributed by atoms with E-state index in [1.807, 2.05) is 6.04 Å². The van der Waals surface area contributed by atoms with Crippen LogP contribution < -0.4 is 5.73 Å². The van der Waals surface area contributed by atoms with E-state index in [9.17, 15) is 0 Å². The molecule has 0 amide bonds. The summed E-state index contributed by atoms with van der Waals surface area (Å²) in [5.74, 6) is 2.45. The van der Waals surface area contributed by atoms with E-state index in [4.69, 9.17) is 5.73 Å². The second-order valence-corrected chi connectivity index (χ2v) is 7.51. The zero-order chi connectivity index (χ0) is 5.91. The maximum atomic E-state index is 6.41. The van der Waals surface area contributed by atoms with Crippen LogP contribution in [0.4, 0.5) is 0 Å². The van der Waals surface area contributed by atoms with Crippen molar-refractivity contribution in [3.05, 3.63) is 0 Å². The molecular formula is C3HBr3N. The van der Waals surface area contributed by atoms with Crippen LogP contribution >= 0.6 is 47.8 Å². The Kier molecular flexibility index (Phi) is 3.29. The van der Waals surface area contributed by atoms with E-state index < -0.39 is 2.14 Å². The predicted molar refractivity (Wildman–Crippen MR) is 40.4 cm³/mol. The molecular weight excluding hydrogens is 290 g/mol. The predicted octanol–water partition coefficient (Wildman–Crippen LogP) is 2.07. The van der Waals surface area contributed by atoms with E-state index in [0.29, 0.717) is 0 Å². The molecule has 1 nitrogen and oxygen atoms in total. The van der Waals surface area contributed by atoms with Gasteiger partial charge < -0.3 is 0 Å². The second kappa shape index (κ2) is 2.95. The molecule has 4 heteroatoms. The Morgan fingerprint density at radius 1 is 1.29 bits per heavy atom. The van der Waals surface area contributed by atoms with Gasteiger partial charge in [0, 0.05) is 6.04 Å². The minimum atomic E-state index is -0.561. The molecule has 0 aliphatic rings. The monoisotopic (exact) mass is 288 g/mol. The lowest BCUT2D eigenvalue weighted by molar-refractivity contribution is 1.61. The fourth-order valence-corrected chi connectivity index (χ4v) is 0.368. The summed E-state index contributed by atoms with van der Waals surface area (Å²) in [5.41, 5.74) is 6.41. The van der Waals surface area contributed by atoms with Crippen LogP contribution in [-0.4, -0.2) is 2.14 Å². The topological polar surface area (TPSA) is 23.8 Å². The third-order valence-corrected chi connectivity index (χ3v) is 0.799. The maximum absolute atomic E-state index is 6.41. The first-order valence-corrected chi connectivity index (χ1v) is 3.70. The van der Waals surface area contributed by atoms with Crippen molar-refractivity contribution in [3.63, 3.8) is 0 Å². The molecule has 0 unspecified atom stereocenters. The van der Waals surface area contributed by atoms with Crippen LogP contribution in [0.2, 0.25) is 0 Å². The minimum Gasteiger partial charge on any atom is -0.251 e. The van der Waals surface area contributed by atoms with Crippen molar-refractivity contribution in [3.8, 4) is 12.0 Å². The van der Waals surface area contributed by atoms with Crippen molar-refractivity contribution < 1.29 is 0 Å². The number of rotatable bonds is 0. The summed E-state index contributed by atoms with van der Waals surface area (Å²) in [5, 5.41) is 0. The lowest BCUT2D eigenvalue weighted by Crippen LogP contribution is -1.91. The first-order valence-electron chi connectivity index (χ1n) is 1.32. The van der Waals surface area contributed by atoms with Gasteiger partial charge in [0.05, 0.1) is 0 Å². The van der Waals surface area contributed by atoms with Crippen molar-refractivity contribution in [2.75, 3.05) is 0 Å². The molecule has 0 aliphatic heterocycles. The van der Waals surface area contributed by atoms with E-state index in [0.717, 1.165) is 0 Å². The summed E-state index contributed by atoms with van der Waals surface area (Å²) in [7, 11) is 0. The summed E-state index contributed by atoms with van der Waals surface area (Å²) in [6.45, 7) is 0. The molecule has 39 valence electrons. The van der Waals surface area contributed by atoms with Gasteiger partial charge in [-0.15, -0.1) is 0 Å². The smallest absolute Gasteiger partial charge is 0.196 e. The second-order valence-electron chi connectivity index (χ2n) is 0.748. The van der Waals surface area contributed by atoms with Gasteiger partial charge in [-0.25, -0.2) is 0 Å². The number of halogens is 3. The Morgan fingerprint density at radius 2 is 1.71 bits per heavy atom. The molecule has 0 bridgehead atoms. The molecule has 0 fully saturated rings. The molecule has 7 heavy (non-hydrogen) atoms. The van der Waals surface area contributed by atoms with E-state index in [1.165, 1.54) is 0 Å². The summed E-state index contributed by atoms with van der Waals surface area (Å²) >= 11 is 9.24. The van der Waals surface area contributed by atoms with Gasteiger partial charge in [-0.3, -0.25) is 5.73 Å². The van der Waals surface area contributed by atoms with E-state index in [-0.39, 0.29) is 0 Å². The molecule has 1 radical (unpaired) electrons. The largest absolute Gasteiger partial charge is 0.251 e. The number of nitrogens with one attached hydrogen (secondary N) is 1. The summed E-state index contributed by atoms with van der Waals surface area (Å²) in [4.78, 5) is 0. The molecule has 0 aromatic heterocycles. The van der Waals surface area contributed by atoms with Crippen LogP contribution in [0, 0.1) is 12.0 Å². The number of hydrogen-bond donors (Lipinski definition) is 0. The summed E-state index contributed by atoms with van der Waals surface area (Å²) in [6, 6.07) is 1.97. The van der Waals surface area contributed by atoms with Gasteiger partial charge in [-0.05, 0) is 53.7 Å². The van der Waals surface area contributed by atoms with Gasteiger partial charge in [-0.2, -0.15) is 0 Å². The molecule has 0 aromatic carbocycles. The zero-order valence-electron chi connectivity index (χ0n) is 3.13. The molecule has 0 heterocycles. The van der Waals surface area contributed by atoms with E-state index >= 15 is 0 Å². The van der Waals surface area contributed by atoms with Crippen molar-refractivity contribution in [2.45, 2.75) is 2.14 Å². The standard InChI is InChI=1S/C3HBr3N/c4-3(5,6)1-2-7/h7H. The molecule has 0 saturated heterocycles. The first kappa shape index (κ1) is 7.80. The fraction of sp³-hybridized carbons (Fsp3) is 0.333. The van der Waals surface area contributed by atoms with Crippen LogP contribution in [0.5, 0.6) is 0 Å². The average molecular weight is 291 g/mol. The molecule has 0 aliphatic carbocycles. The lowest BCUT2D eigenvalue weighted by Gasteiger charge is -1.96. The van der Waals surface area contributed by atoms with E-state index in [1.54, 1.807) is 0 Å². The average Bonchev–Trinajstić information content (AvgIpc) is 1.30.